The molecule has 6 heteroatoms. The van der Waals surface area contributed by atoms with E-state index in [2.05, 4.69) is 211 Å². The second-order valence-corrected chi connectivity index (χ2v) is 18.8. The lowest BCUT2D eigenvalue weighted by Gasteiger charge is -2.35. The van der Waals surface area contributed by atoms with E-state index in [0.29, 0.717) is 0 Å². The summed E-state index contributed by atoms with van der Waals surface area (Å²) in [5.41, 5.74) is 18.7. The molecule has 0 saturated heterocycles. The van der Waals surface area contributed by atoms with Gasteiger partial charge >= 0.3 is 0 Å². The van der Waals surface area contributed by atoms with Gasteiger partial charge in [-0.2, -0.15) is 0 Å². The lowest BCUT2D eigenvalue weighted by atomic mass is 9.34. The first kappa shape index (κ1) is 40.4. The first-order chi connectivity index (χ1) is 35.6. The molecule has 0 spiro atoms. The van der Waals surface area contributed by atoms with Crippen LogP contribution in [0.1, 0.15) is 0 Å². The Morgan fingerprint density at radius 1 is 0.264 bits per heavy atom. The van der Waals surface area contributed by atoms with Crippen LogP contribution in [-0.2, 0) is 0 Å². The lowest BCUT2D eigenvalue weighted by molar-refractivity contribution is 0.465. The molecule has 336 valence electrons. The number of benzene rings is 11. The molecule has 0 N–H and O–H groups in total. The van der Waals surface area contributed by atoms with Crippen molar-refractivity contribution in [2.75, 3.05) is 4.90 Å². The third-order valence-electron chi connectivity index (χ3n) is 14.6. The number of hydrogen-bond donors (Lipinski definition) is 0. The Balaban J connectivity index is 0.848. The normalized spacial score (nSPS) is 12.4. The van der Waals surface area contributed by atoms with Gasteiger partial charge in [0.2, 0.25) is 0 Å². The molecule has 4 heterocycles. The predicted molar refractivity (Wildman–Crippen MR) is 295 cm³/mol. The maximum Gasteiger partial charge on any atom is 0.260 e. The molecule has 0 amide bonds. The molecule has 2 aromatic heterocycles. The molecular formula is C66H40BNO4. The number of furan rings is 2. The molecule has 5 nitrogen and oxygen atoms in total. The zero-order valence-electron chi connectivity index (χ0n) is 38.8. The monoisotopic (exact) mass is 921 g/mol. The molecule has 0 atom stereocenters. The standard InChI is InChI=1S/C66H40BNO4/c1-3-17-49(18-4-1)68(50-19-5-2-6-20-50)51-39-64-66-65(40-51)72-63-38-48(44-16-12-14-42(34-44)46-28-32-61-55(36-46)53-22-8-10-24-59(53)70-61)26-30-57(63)67(66)56-29-25-47(37-62(56)71-64)43-15-11-13-41(33-43)45-27-31-60-54(35-45)52-21-7-9-23-58(52)69-60/h1-40H. The quantitative estimate of drug-likeness (QED) is 0.149. The van der Waals surface area contributed by atoms with Gasteiger partial charge in [0, 0.05) is 50.5 Å². The van der Waals surface area contributed by atoms with Crippen molar-refractivity contribution >= 4 is 84.0 Å². The van der Waals surface area contributed by atoms with Crippen molar-refractivity contribution in [3.63, 3.8) is 0 Å². The van der Waals surface area contributed by atoms with Crippen LogP contribution in [-0.4, -0.2) is 6.71 Å². The van der Waals surface area contributed by atoms with E-state index >= 15 is 0 Å². The van der Waals surface area contributed by atoms with E-state index in [9.17, 15) is 0 Å². The van der Waals surface area contributed by atoms with Crippen LogP contribution in [0.4, 0.5) is 17.1 Å². The highest BCUT2D eigenvalue weighted by Crippen LogP contribution is 2.44. The molecule has 2 aliphatic rings. The van der Waals surface area contributed by atoms with E-state index in [1.165, 1.54) is 0 Å². The van der Waals surface area contributed by atoms with Gasteiger partial charge in [-0.15, -0.1) is 0 Å². The van der Waals surface area contributed by atoms with Crippen LogP contribution < -0.4 is 30.8 Å². The van der Waals surface area contributed by atoms with Crippen LogP contribution in [0.5, 0.6) is 23.0 Å². The summed E-state index contributed by atoms with van der Waals surface area (Å²) >= 11 is 0. The highest BCUT2D eigenvalue weighted by Gasteiger charge is 2.41. The molecule has 0 unspecified atom stereocenters. The van der Waals surface area contributed by atoms with Crippen molar-refractivity contribution in [1.29, 1.82) is 0 Å². The van der Waals surface area contributed by atoms with Gasteiger partial charge in [0.25, 0.3) is 6.71 Å². The van der Waals surface area contributed by atoms with Gasteiger partial charge < -0.3 is 23.2 Å². The fourth-order valence-corrected chi connectivity index (χ4v) is 11.1. The van der Waals surface area contributed by atoms with Crippen LogP contribution in [0.25, 0.3) is 88.4 Å². The Morgan fingerprint density at radius 2 is 0.653 bits per heavy atom. The molecule has 0 aliphatic carbocycles. The van der Waals surface area contributed by atoms with E-state index in [1.807, 2.05) is 36.4 Å². The zero-order chi connectivity index (χ0) is 47.3. The summed E-state index contributed by atoms with van der Waals surface area (Å²) in [5.74, 6) is 3.19. The number of fused-ring (bicyclic) bond motifs is 10. The first-order valence-corrected chi connectivity index (χ1v) is 24.4. The van der Waals surface area contributed by atoms with E-state index in [0.717, 1.165) is 145 Å². The van der Waals surface area contributed by atoms with Gasteiger partial charge in [0.1, 0.15) is 45.3 Å². The van der Waals surface area contributed by atoms with Crippen molar-refractivity contribution in [1.82, 2.24) is 0 Å². The van der Waals surface area contributed by atoms with E-state index in [1.54, 1.807) is 0 Å². The van der Waals surface area contributed by atoms with Crippen molar-refractivity contribution in [3.05, 3.63) is 243 Å². The van der Waals surface area contributed by atoms with E-state index in [-0.39, 0.29) is 6.71 Å². The number of anilines is 3. The summed E-state index contributed by atoms with van der Waals surface area (Å²) in [6, 6.07) is 85.6. The number of nitrogens with zero attached hydrogens (tertiary/aromatic N) is 1. The smallest absolute Gasteiger partial charge is 0.260 e. The van der Waals surface area contributed by atoms with Gasteiger partial charge in [-0.1, -0.05) is 146 Å². The van der Waals surface area contributed by atoms with Crippen molar-refractivity contribution in [3.8, 4) is 67.5 Å². The van der Waals surface area contributed by atoms with Crippen molar-refractivity contribution in [2.45, 2.75) is 0 Å². The maximum atomic E-state index is 7.13. The Morgan fingerprint density at radius 3 is 1.12 bits per heavy atom. The summed E-state index contributed by atoms with van der Waals surface area (Å²) in [5, 5.41) is 4.46. The van der Waals surface area contributed by atoms with Gasteiger partial charge in [-0.3, -0.25) is 0 Å². The molecule has 11 aromatic carbocycles. The molecular weight excluding hydrogens is 882 g/mol. The van der Waals surface area contributed by atoms with Gasteiger partial charge in [-0.25, -0.2) is 0 Å². The SMILES string of the molecule is c1ccc(N(c2ccccc2)c2cc3c4c(c2)Oc2cc(-c5cccc(-c6ccc7oc8ccccc8c7c6)c5)ccc2B4c2ccc(-c4cccc(-c5ccc6oc7ccccc7c6c5)c4)cc2O3)cc1. The average molecular weight is 922 g/mol. The van der Waals surface area contributed by atoms with Crippen LogP contribution in [0.15, 0.2) is 251 Å². The number of rotatable bonds is 7. The molecule has 13 aromatic rings. The molecule has 0 radical (unpaired) electrons. The molecule has 15 rings (SSSR count). The largest absolute Gasteiger partial charge is 0.458 e. The Labute approximate surface area is 415 Å². The maximum absolute atomic E-state index is 7.13. The number of para-hydroxylation sites is 4. The van der Waals surface area contributed by atoms with E-state index < -0.39 is 0 Å². The van der Waals surface area contributed by atoms with E-state index in [4.69, 9.17) is 18.3 Å². The van der Waals surface area contributed by atoms with Gasteiger partial charge in [0.05, 0.1) is 5.69 Å². The summed E-state index contributed by atoms with van der Waals surface area (Å²) in [6.07, 6.45) is 0. The van der Waals surface area contributed by atoms with Gasteiger partial charge in [0.15, 0.2) is 0 Å². The minimum absolute atomic E-state index is 0.132. The summed E-state index contributed by atoms with van der Waals surface area (Å²) in [6.45, 7) is -0.132. The second kappa shape index (κ2) is 16.0. The Bertz CT molecular complexity index is 4040. The minimum atomic E-state index is -0.132. The first-order valence-electron chi connectivity index (χ1n) is 24.4. The zero-order valence-corrected chi connectivity index (χ0v) is 38.8. The number of ether oxygens (including phenoxy) is 2. The molecule has 0 bridgehead atoms. The molecule has 0 saturated carbocycles. The van der Waals surface area contributed by atoms with Crippen molar-refractivity contribution < 1.29 is 18.3 Å². The minimum Gasteiger partial charge on any atom is -0.458 e. The highest BCUT2D eigenvalue weighted by molar-refractivity contribution is 6.98. The van der Waals surface area contributed by atoms with Crippen molar-refractivity contribution in [2.24, 2.45) is 0 Å². The highest BCUT2D eigenvalue weighted by atomic mass is 16.5. The van der Waals surface area contributed by atoms with Crippen LogP contribution in [0.3, 0.4) is 0 Å². The summed E-state index contributed by atoms with van der Waals surface area (Å²) < 4.78 is 26.6. The molecule has 2 aliphatic heterocycles. The van der Waals surface area contributed by atoms with Crippen LogP contribution in [0.2, 0.25) is 0 Å². The summed E-state index contributed by atoms with van der Waals surface area (Å²) in [4.78, 5) is 2.26. The molecule has 0 fully saturated rings. The lowest BCUT2D eigenvalue weighted by Crippen LogP contribution is -2.57. The Hall–Kier alpha value is -9.52. The van der Waals surface area contributed by atoms with Crippen LogP contribution in [0, 0.1) is 0 Å². The Kier molecular flexibility index (Phi) is 8.99. The fourth-order valence-electron chi connectivity index (χ4n) is 11.1. The second-order valence-electron chi connectivity index (χ2n) is 18.8. The predicted octanol–water partition coefficient (Wildman–Crippen LogP) is 16.4. The van der Waals surface area contributed by atoms with Gasteiger partial charge in [-0.05, 0) is 140 Å². The number of hydrogen-bond acceptors (Lipinski definition) is 5. The fraction of sp³-hybridized carbons (Fsp3) is 0. The summed E-state index contributed by atoms with van der Waals surface area (Å²) in [7, 11) is 0. The molecule has 72 heavy (non-hydrogen) atoms. The topological polar surface area (TPSA) is 48.0 Å². The third-order valence-corrected chi connectivity index (χ3v) is 14.6. The average Bonchev–Trinajstić information content (AvgIpc) is 4.01. The van der Waals surface area contributed by atoms with Crippen LogP contribution >= 0.6 is 0 Å². The third kappa shape index (κ3) is 6.57.